The highest BCUT2D eigenvalue weighted by molar-refractivity contribution is 6.31. The first-order valence-electron chi connectivity index (χ1n) is 4.11. The molecule has 0 spiro atoms. The molecule has 2 N–H and O–H groups in total. The summed E-state index contributed by atoms with van der Waals surface area (Å²) in [5.74, 6) is 0.864. The molecule has 1 rings (SSSR count). The fourth-order valence-electron chi connectivity index (χ4n) is 0.903. The molecule has 1 unspecified atom stereocenters. The third kappa shape index (κ3) is 2.71. The highest BCUT2D eigenvalue weighted by Gasteiger charge is 2.09. The summed E-state index contributed by atoms with van der Waals surface area (Å²) in [6, 6.07) is 0. The lowest BCUT2D eigenvalue weighted by atomic mass is 10.4. The van der Waals surface area contributed by atoms with Gasteiger partial charge in [0.1, 0.15) is 6.33 Å². The number of hydrogen-bond donors (Lipinski definition) is 2. The van der Waals surface area contributed by atoms with E-state index in [4.69, 9.17) is 21.4 Å². The van der Waals surface area contributed by atoms with Crippen LogP contribution in [0.15, 0.2) is 6.33 Å². The van der Waals surface area contributed by atoms with Gasteiger partial charge in [0.25, 0.3) is 0 Å². The number of aromatic nitrogens is 2. The van der Waals surface area contributed by atoms with Crippen molar-refractivity contribution in [2.45, 2.75) is 13.0 Å². The Morgan fingerprint density at radius 3 is 2.93 bits per heavy atom. The number of nitrogens with one attached hydrogen (secondary N) is 1. The van der Waals surface area contributed by atoms with E-state index in [9.17, 15) is 0 Å². The number of rotatable bonds is 4. The van der Waals surface area contributed by atoms with Crippen LogP contribution in [0.4, 0.5) is 5.82 Å². The van der Waals surface area contributed by atoms with Gasteiger partial charge in [-0.15, -0.1) is 0 Å². The van der Waals surface area contributed by atoms with Crippen LogP contribution in [0.1, 0.15) is 6.92 Å². The predicted molar refractivity (Wildman–Crippen MR) is 53.8 cm³/mol. The minimum Gasteiger partial charge on any atom is -0.490 e. The van der Waals surface area contributed by atoms with E-state index < -0.39 is 6.10 Å². The van der Waals surface area contributed by atoms with Gasteiger partial charge in [-0.2, -0.15) is 0 Å². The number of aliphatic hydroxyl groups is 1. The number of aliphatic hydroxyl groups excluding tert-OH is 1. The van der Waals surface area contributed by atoms with Crippen LogP contribution in [0.25, 0.3) is 0 Å². The zero-order valence-electron chi connectivity index (χ0n) is 7.99. The fourth-order valence-corrected chi connectivity index (χ4v) is 1.11. The van der Waals surface area contributed by atoms with Crippen molar-refractivity contribution in [2.75, 3.05) is 19.0 Å². The number of anilines is 1. The van der Waals surface area contributed by atoms with Crippen molar-refractivity contribution in [1.82, 2.24) is 9.97 Å². The standard InChI is InChI=1S/C8H12ClN3O2/c1-5(13)3-10-8-6(14-2)7(9)11-4-12-8/h4-5,13H,3H2,1-2H3,(H,10,11,12). The number of ether oxygens (including phenoxy) is 1. The third-order valence-corrected chi connectivity index (χ3v) is 1.80. The molecule has 0 aliphatic carbocycles. The van der Waals surface area contributed by atoms with E-state index in [1.54, 1.807) is 6.92 Å². The fraction of sp³-hybridized carbons (Fsp3) is 0.500. The molecule has 0 aromatic carbocycles. The van der Waals surface area contributed by atoms with Gasteiger partial charge in [-0.05, 0) is 6.92 Å². The van der Waals surface area contributed by atoms with Crippen molar-refractivity contribution in [3.63, 3.8) is 0 Å². The first-order chi connectivity index (χ1) is 6.65. The molecule has 0 amide bonds. The Morgan fingerprint density at radius 2 is 2.36 bits per heavy atom. The molecule has 0 saturated heterocycles. The Labute approximate surface area is 87.1 Å². The van der Waals surface area contributed by atoms with Gasteiger partial charge in [0.15, 0.2) is 16.7 Å². The molecule has 0 aliphatic heterocycles. The van der Waals surface area contributed by atoms with E-state index in [-0.39, 0.29) is 5.15 Å². The minimum atomic E-state index is -0.464. The van der Waals surface area contributed by atoms with Gasteiger partial charge < -0.3 is 15.2 Å². The summed E-state index contributed by atoms with van der Waals surface area (Å²) in [4.78, 5) is 7.70. The zero-order chi connectivity index (χ0) is 10.6. The van der Waals surface area contributed by atoms with Gasteiger partial charge in [-0.3, -0.25) is 0 Å². The van der Waals surface area contributed by atoms with E-state index in [0.29, 0.717) is 18.1 Å². The van der Waals surface area contributed by atoms with Crippen LogP contribution in [0.5, 0.6) is 5.75 Å². The summed E-state index contributed by atoms with van der Waals surface area (Å²) in [7, 11) is 1.48. The summed E-state index contributed by atoms with van der Waals surface area (Å²) in [5.41, 5.74) is 0. The Balaban J connectivity index is 2.80. The molecule has 14 heavy (non-hydrogen) atoms. The van der Waals surface area contributed by atoms with Crippen molar-refractivity contribution in [1.29, 1.82) is 0 Å². The molecule has 0 fully saturated rings. The molecular weight excluding hydrogens is 206 g/mol. The number of nitrogens with zero attached hydrogens (tertiary/aromatic N) is 2. The smallest absolute Gasteiger partial charge is 0.198 e. The molecule has 0 bridgehead atoms. The molecule has 1 aromatic rings. The Bertz CT molecular complexity index is 307. The average Bonchev–Trinajstić information content (AvgIpc) is 2.14. The van der Waals surface area contributed by atoms with Gasteiger partial charge in [0.2, 0.25) is 0 Å². The van der Waals surface area contributed by atoms with Crippen molar-refractivity contribution in [3.8, 4) is 5.75 Å². The maximum Gasteiger partial charge on any atom is 0.198 e. The number of halogens is 1. The lowest BCUT2D eigenvalue weighted by Crippen LogP contribution is -2.16. The van der Waals surface area contributed by atoms with E-state index >= 15 is 0 Å². The molecule has 78 valence electrons. The summed E-state index contributed by atoms with van der Waals surface area (Å²) in [6.07, 6.45) is 0.864. The van der Waals surface area contributed by atoms with Crippen molar-refractivity contribution < 1.29 is 9.84 Å². The van der Waals surface area contributed by atoms with Gasteiger partial charge in [-0.1, -0.05) is 11.6 Å². The second-order valence-electron chi connectivity index (χ2n) is 2.78. The van der Waals surface area contributed by atoms with E-state index in [1.807, 2.05) is 0 Å². The first kappa shape index (κ1) is 11.0. The van der Waals surface area contributed by atoms with E-state index in [2.05, 4.69) is 15.3 Å². The average molecular weight is 218 g/mol. The molecule has 1 atom stereocenters. The molecule has 0 aliphatic rings. The number of methoxy groups -OCH3 is 1. The topological polar surface area (TPSA) is 67.3 Å². The highest BCUT2D eigenvalue weighted by atomic mass is 35.5. The monoisotopic (exact) mass is 217 g/mol. The Morgan fingerprint density at radius 1 is 1.64 bits per heavy atom. The van der Waals surface area contributed by atoms with Crippen molar-refractivity contribution >= 4 is 17.4 Å². The normalized spacial score (nSPS) is 12.3. The Kier molecular flexibility index (Phi) is 3.91. The molecule has 6 heteroatoms. The maximum atomic E-state index is 9.07. The first-order valence-corrected chi connectivity index (χ1v) is 4.49. The van der Waals surface area contributed by atoms with E-state index in [1.165, 1.54) is 13.4 Å². The molecule has 0 radical (unpaired) electrons. The second kappa shape index (κ2) is 4.97. The molecule has 0 saturated carbocycles. The van der Waals surface area contributed by atoms with Crippen LogP contribution in [-0.4, -0.2) is 34.8 Å². The summed E-state index contributed by atoms with van der Waals surface area (Å²) in [5, 5.41) is 12.2. The van der Waals surface area contributed by atoms with Gasteiger partial charge >= 0.3 is 0 Å². The second-order valence-corrected chi connectivity index (χ2v) is 3.13. The van der Waals surface area contributed by atoms with Crippen molar-refractivity contribution in [3.05, 3.63) is 11.5 Å². The largest absolute Gasteiger partial charge is 0.490 e. The van der Waals surface area contributed by atoms with Crippen LogP contribution in [-0.2, 0) is 0 Å². The summed E-state index contributed by atoms with van der Waals surface area (Å²) < 4.78 is 5.01. The summed E-state index contributed by atoms with van der Waals surface area (Å²) >= 11 is 5.77. The van der Waals surface area contributed by atoms with Crippen LogP contribution >= 0.6 is 11.6 Å². The quantitative estimate of drug-likeness (QED) is 0.735. The molecular formula is C8H12ClN3O2. The van der Waals surface area contributed by atoms with Crippen LogP contribution in [0.2, 0.25) is 5.15 Å². The lowest BCUT2D eigenvalue weighted by Gasteiger charge is -2.11. The van der Waals surface area contributed by atoms with Crippen LogP contribution < -0.4 is 10.1 Å². The maximum absolute atomic E-state index is 9.07. The molecule has 1 heterocycles. The SMILES string of the molecule is COc1c(Cl)ncnc1NCC(C)O. The molecule has 5 nitrogen and oxygen atoms in total. The van der Waals surface area contributed by atoms with Gasteiger partial charge in [-0.25, -0.2) is 9.97 Å². The zero-order valence-corrected chi connectivity index (χ0v) is 8.75. The molecule has 1 aromatic heterocycles. The highest BCUT2D eigenvalue weighted by Crippen LogP contribution is 2.27. The number of hydrogen-bond acceptors (Lipinski definition) is 5. The minimum absolute atomic E-state index is 0.246. The predicted octanol–water partition coefficient (Wildman–Crippen LogP) is 0.931. The van der Waals surface area contributed by atoms with Crippen molar-refractivity contribution in [2.24, 2.45) is 0 Å². The van der Waals surface area contributed by atoms with Crippen LogP contribution in [0, 0.1) is 0 Å². The lowest BCUT2D eigenvalue weighted by molar-refractivity contribution is 0.208. The third-order valence-electron chi connectivity index (χ3n) is 1.53. The summed E-state index contributed by atoms with van der Waals surface area (Å²) in [6.45, 7) is 2.05. The van der Waals surface area contributed by atoms with Crippen LogP contribution in [0.3, 0.4) is 0 Å². The Hall–Kier alpha value is -1.07. The van der Waals surface area contributed by atoms with E-state index in [0.717, 1.165) is 0 Å². The van der Waals surface area contributed by atoms with Gasteiger partial charge in [0, 0.05) is 6.54 Å². The van der Waals surface area contributed by atoms with Gasteiger partial charge in [0.05, 0.1) is 13.2 Å².